The molecule has 0 aliphatic carbocycles. The molecule has 2 aromatic carbocycles. The van der Waals surface area contributed by atoms with Crippen molar-refractivity contribution in [1.29, 1.82) is 0 Å². The Bertz CT molecular complexity index is 1410. The molecular formula is C26H26N2O5S. The minimum Gasteiger partial charge on any atom is -0.507 e. The van der Waals surface area contributed by atoms with E-state index in [9.17, 15) is 14.7 Å². The van der Waals surface area contributed by atoms with Gasteiger partial charge >= 0.3 is 5.97 Å². The molecule has 2 aromatic heterocycles. The minimum absolute atomic E-state index is 0.0384. The van der Waals surface area contributed by atoms with Gasteiger partial charge in [-0.05, 0) is 56.5 Å². The standard InChI is InChI=1S/C26H26N2O5S/c1-3-32-26(31)24-21(25-27-18-8-4-5-9-20(18)34-25)22(30)16-10-11-19(29)17(23(16)33-24)14-28-12-6-7-15(2)13-28/h4-5,8-11,15,29H,3,6-7,12-14H2,1-2H3. The molecule has 1 fully saturated rings. The van der Waals surface area contributed by atoms with Crippen LogP contribution in [0.3, 0.4) is 0 Å². The lowest BCUT2D eigenvalue weighted by molar-refractivity contribution is 0.0492. The summed E-state index contributed by atoms with van der Waals surface area (Å²) in [7, 11) is 0. The molecule has 1 N–H and O–H groups in total. The predicted molar refractivity (Wildman–Crippen MR) is 132 cm³/mol. The normalized spacial score (nSPS) is 16.8. The molecule has 8 heteroatoms. The van der Waals surface area contributed by atoms with Gasteiger partial charge in [-0.25, -0.2) is 9.78 Å². The minimum atomic E-state index is -0.725. The van der Waals surface area contributed by atoms with Crippen LogP contribution in [-0.4, -0.2) is 40.7 Å². The Morgan fingerprint density at radius 3 is 2.88 bits per heavy atom. The molecule has 1 unspecified atom stereocenters. The number of aromatic hydroxyl groups is 1. The number of carbonyl (C=O) groups excluding carboxylic acids is 1. The average Bonchev–Trinajstić information content (AvgIpc) is 3.24. The summed E-state index contributed by atoms with van der Waals surface area (Å²) in [5.41, 5.74) is 1.19. The number of para-hydroxylation sites is 1. The van der Waals surface area contributed by atoms with Crippen LogP contribution in [0.2, 0.25) is 0 Å². The monoisotopic (exact) mass is 478 g/mol. The van der Waals surface area contributed by atoms with Gasteiger partial charge in [-0.2, -0.15) is 0 Å². The summed E-state index contributed by atoms with van der Waals surface area (Å²) in [6, 6.07) is 10.6. The third kappa shape index (κ3) is 4.08. The van der Waals surface area contributed by atoms with Crippen molar-refractivity contribution in [3.63, 3.8) is 0 Å². The number of carbonyl (C=O) groups is 1. The number of nitrogens with zero attached hydrogens (tertiary/aromatic N) is 2. The van der Waals surface area contributed by atoms with Crippen molar-refractivity contribution >= 4 is 38.5 Å². The van der Waals surface area contributed by atoms with E-state index in [4.69, 9.17) is 9.15 Å². The average molecular weight is 479 g/mol. The molecule has 34 heavy (non-hydrogen) atoms. The quantitative estimate of drug-likeness (QED) is 0.395. The molecule has 5 rings (SSSR count). The number of rotatable bonds is 5. The number of likely N-dealkylation sites (tertiary alicyclic amines) is 1. The molecule has 1 aliphatic heterocycles. The van der Waals surface area contributed by atoms with Gasteiger partial charge in [-0.3, -0.25) is 9.69 Å². The van der Waals surface area contributed by atoms with E-state index < -0.39 is 5.97 Å². The third-order valence-electron chi connectivity index (χ3n) is 6.23. The Hall–Kier alpha value is -3.23. The number of fused-ring (bicyclic) bond motifs is 2. The Morgan fingerprint density at radius 1 is 1.29 bits per heavy atom. The number of thiazole rings is 1. The molecule has 0 spiro atoms. The van der Waals surface area contributed by atoms with E-state index in [2.05, 4.69) is 16.8 Å². The van der Waals surface area contributed by atoms with E-state index in [-0.39, 0.29) is 34.7 Å². The van der Waals surface area contributed by atoms with Crippen molar-refractivity contribution in [2.75, 3.05) is 19.7 Å². The lowest BCUT2D eigenvalue weighted by Crippen LogP contribution is -2.33. The topological polar surface area (TPSA) is 92.9 Å². The molecule has 3 heterocycles. The van der Waals surface area contributed by atoms with Gasteiger partial charge in [-0.15, -0.1) is 11.3 Å². The third-order valence-corrected chi connectivity index (χ3v) is 7.28. The highest BCUT2D eigenvalue weighted by Gasteiger charge is 2.28. The Balaban J connectivity index is 1.72. The Kier molecular flexibility index (Phi) is 6.10. The van der Waals surface area contributed by atoms with Crippen molar-refractivity contribution in [2.24, 2.45) is 5.92 Å². The highest BCUT2D eigenvalue weighted by atomic mass is 32.1. The van der Waals surface area contributed by atoms with Crippen LogP contribution < -0.4 is 5.43 Å². The van der Waals surface area contributed by atoms with E-state index in [1.54, 1.807) is 13.0 Å². The summed E-state index contributed by atoms with van der Waals surface area (Å²) >= 11 is 1.32. The zero-order valence-electron chi connectivity index (χ0n) is 19.2. The largest absolute Gasteiger partial charge is 0.507 e. The molecule has 0 saturated carbocycles. The highest BCUT2D eigenvalue weighted by molar-refractivity contribution is 7.21. The highest BCUT2D eigenvalue weighted by Crippen LogP contribution is 2.35. The maximum Gasteiger partial charge on any atom is 0.375 e. The summed E-state index contributed by atoms with van der Waals surface area (Å²) in [6.45, 7) is 6.27. The Morgan fingerprint density at radius 2 is 2.12 bits per heavy atom. The second-order valence-electron chi connectivity index (χ2n) is 8.76. The summed E-state index contributed by atoms with van der Waals surface area (Å²) < 4.78 is 12.3. The van der Waals surface area contributed by atoms with Crippen LogP contribution in [0.1, 0.15) is 42.8 Å². The van der Waals surface area contributed by atoms with Crippen LogP contribution in [0.15, 0.2) is 45.6 Å². The maximum atomic E-state index is 13.7. The molecule has 0 amide bonds. The zero-order chi connectivity index (χ0) is 23.8. The summed E-state index contributed by atoms with van der Waals surface area (Å²) in [6.07, 6.45) is 2.25. The van der Waals surface area contributed by atoms with Crippen LogP contribution in [0.5, 0.6) is 5.75 Å². The number of phenolic OH excluding ortho intramolecular Hbond substituents is 1. The first-order chi connectivity index (χ1) is 16.5. The predicted octanol–water partition coefficient (Wildman–Crippen LogP) is 5.18. The first-order valence-electron chi connectivity index (χ1n) is 11.5. The first kappa shape index (κ1) is 22.6. The Labute approximate surface area is 200 Å². The summed E-state index contributed by atoms with van der Waals surface area (Å²) in [5, 5.41) is 11.4. The second-order valence-corrected chi connectivity index (χ2v) is 9.80. The molecule has 0 radical (unpaired) electrons. The number of aromatic nitrogens is 1. The number of esters is 1. The van der Waals surface area contributed by atoms with Crippen LogP contribution in [0.4, 0.5) is 0 Å². The number of hydrogen-bond donors (Lipinski definition) is 1. The van der Waals surface area contributed by atoms with Gasteiger partial charge in [0.25, 0.3) is 0 Å². The summed E-state index contributed by atoms with van der Waals surface area (Å²) in [5.74, 6) is -0.316. The molecular weight excluding hydrogens is 452 g/mol. The molecule has 4 aromatic rings. The summed E-state index contributed by atoms with van der Waals surface area (Å²) in [4.78, 5) is 33.5. The lowest BCUT2D eigenvalue weighted by atomic mass is 9.99. The van der Waals surface area contributed by atoms with E-state index in [0.717, 1.165) is 29.7 Å². The number of hydrogen-bond acceptors (Lipinski definition) is 8. The van der Waals surface area contributed by atoms with E-state index >= 15 is 0 Å². The lowest BCUT2D eigenvalue weighted by Gasteiger charge is -2.31. The van der Waals surface area contributed by atoms with Crippen molar-refractivity contribution in [3.05, 3.63) is 57.9 Å². The van der Waals surface area contributed by atoms with E-state index in [1.807, 2.05) is 24.3 Å². The van der Waals surface area contributed by atoms with Crippen molar-refractivity contribution in [2.45, 2.75) is 33.2 Å². The van der Waals surface area contributed by atoms with Gasteiger partial charge in [-0.1, -0.05) is 19.1 Å². The molecule has 7 nitrogen and oxygen atoms in total. The number of ether oxygens (including phenoxy) is 1. The van der Waals surface area contributed by atoms with Crippen LogP contribution in [-0.2, 0) is 11.3 Å². The fourth-order valence-electron chi connectivity index (χ4n) is 4.62. The smallest absolute Gasteiger partial charge is 0.375 e. The van der Waals surface area contributed by atoms with E-state index in [1.165, 1.54) is 23.8 Å². The number of benzene rings is 2. The molecule has 0 bridgehead atoms. The molecule has 176 valence electrons. The number of phenols is 1. The fourth-order valence-corrected chi connectivity index (χ4v) is 5.63. The van der Waals surface area contributed by atoms with Crippen LogP contribution in [0, 0.1) is 5.92 Å². The number of piperidine rings is 1. The SMILES string of the molecule is CCOC(=O)c1oc2c(CN3CCCC(C)C3)c(O)ccc2c(=O)c1-c1nc2ccccc2s1. The van der Waals surface area contributed by atoms with Gasteiger partial charge in [0.1, 0.15) is 21.9 Å². The zero-order valence-corrected chi connectivity index (χ0v) is 20.0. The van der Waals surface area contributed by atoms with Crippen LogP contribution in [0.25, 0.3) is 31.8 Å². The van der Waals surface area contributed by atoms with Crippen molar-refractivity contribution < 1.29 is 19.1 Å². The van der Waals surface area contributed by atoms with E-state index in [0.29, 0.717) is 28.4 Å². The fraction of sp³-hybridized carbons (Fsp3) is 0.346. The van der Waals surface area contributed by atoms with Crippen LogP contribution >= 0.6 is 11.3 Å². The van der Waals surface area contributed by atoms with Gasteiger partial charge in [0.05, 0.1) is 27.8 Å². The van der Waals surface area contributed by atoms with Gasteiger partial charge in [0.15, 0.2) is 0 Å². The van der Waals surface area contributed by atoms with Crippen molar-refractivity contribution in [1.82, 2.24) is 9.88 Å². The molecule has 1 saturated heterocycles. The maximum absolute atomic E-state index is 13.7. The van der Waals surface area contributed by atoms with Gasteiger partial charge < -0.3 is 14.3 Å². The molecule has 1 atom stereocenters. The second kappa shape index (κ2) is 9.19. The van der Waals surface area contributed by atoms with Crippen molar-refractivity contribution in [3.8, 4) is 16.3 Å². The first-order valence-corrected chi connectivity index (χ1v) is 12.3. The molecule has 1 aliphatic rings. The van der Waals surface area contributed by atoms with Gasteiger partial charge in [0, 0.05) is 13.1 Å². The van der Waals surface area contributed by atoms with Gasteiger partial charge in [0.2, 0.25) is 11.2 Å².